The highest BCUT2D eigenvalue weighted by Gasteiger charge is 2.44. The summed E-state index contributed by atoms with van der Waals surface area (Å²) in [5.74, 6) is -2.62. The highest BCUT2D eigenvalue weighted by atomic mass is 19.4. The minimum atomic E-state index is -4.66. The molecule has 1 aromatic rings. The molecule has 1 fully saturated rings. The quantitative estimate of drug-likeness (QED) is 0.295. The van der Waals surface area contributed by atoms with Crippen LogP contribution in [0.5, 0.6) is 0 Å². The Bertz CT molecular complexity index is 982. The maximum atomic E-state index is 13.1. The lowest BCUT2D eigenvalue weighted by atomic mass is 9.97. The number of hydrogen-bond acceptors (Lipinski definition) is 6. The minimum Gasteiger partial charge on any atom is -0.445 e. The fourth-order valence-corrected chi connectivity index (χ4v) is 3.51. The van der Waals surface area contributed by atoms with Gasteiger partial charge in [-0.1, -0.05) is 12.7 Å². The monoisotopic (exact) mass is 516 g/mol. The lowest BCUT2D eigenvalue weighted by Crippen LogP contribution is -2.67. The number of rotatable bonds is 9. The Morgan fingerprint density at radius 1 is 1.11 bits per heavy atom. The van der Waals surface area contributed by atoms with Gasteiger partial charge in [0.25, 0.3) is 0 Å². The smallest absolute Gasteiger partial charge is 0.410 e. The van der Waals surface area contributed by atoms with Gasteiger partial charge in [-0.3, -0.25) is 24.2 Å². The van der Waals surface area contributed by atoms with Crippen LogP contribution >= 0.6 is 0 Å². The average Bonchev–Trinajstić information content (AvgIpc) is 2.83. The van der Waals surface area contributed by atoms with Crippen LogP contribution < -0.4 is 10.6 Å². The SMILES string of the molecule is C=CCOC(=O)N1CCN(C(C)(C)C(=O)NCC(=O)c2ccc(F)cc2)C[C@H]1C(=O)NCC(F)(F)F. The molecule has 9 nitrogen and oxygen atoms in total. The molecular formula is C23H28F4N4O5. The largest absolute Gasteiger partial charge is 0.445 e. The van der Waals surface area contributed by atoms with Crippen molar-refractivity contribution in [3.63, 3.8) is 0 Å². The van der Waals surface area contributed by atoms with Crippen molar-refractivity contribution in [1.29, 1.82) is 0 Å². The number of alkyl halides is 3. The topological polar surface area (TPSA) is 108 Å². The number of benzene rings is 1. The van der Waals surface area contributed by atoms with Crippen molar-refractivity contribution >= 4 is 23.7 Å². The molecule has 2 N–H and O–H groups in total. The van der Waals surface area contributed by atoms with Crippen LogP contribution in [-0.4, -0.2) is 90.6 Å². The molecule has 36 heavy (non-hydrogen) atoms. The summed E-state index contributed by atoms with van der Waals surface area (Å²) in [7, 11) is 0. The summed E-state index contributed by atoms with van der Waals surface area (Å²) in [6.45, 7) is 4.04. The molecule has 1 heterocycles. The highest BCUT2D eigenvalue weighted by molar-refractivity contribution is 6.00. The van der Waals surface area contributed by atoms with Gasteiger partial charge >= 0.3 is 12.3 Å². The number of carbonyl (C=O) groups excluding carboxylic acids is 4. The van der Waals surface area contributed by atoms with Crippen molar-refractivity contribution in [2.45, 2.75) is 31.6 Å². The third-order valence-electron chi connectivity index (χ3n) is 5.63. The molecule has 1 aromatic carbocycles. The Morgan fingerprint density at radius 2 is 1.75 bits per heavy atom. The zero-order valence-corrected chi connectivity index (χ0v) is 19.9. The Morgan fingerprint density at radius 3 is 2.33 bits per heavy atom. The van der Waals surface area contributed by atoms with E-state index in [1.807, 2.05) is 0 Å². The van der Waals surface area contributed by atoms with Crippen molar-refractivity contribution in [3.8, 4) is 0 Å². The van der Waals surface area contributed by atoms with E-state index in [1.165, 1.54) is 37.0 Å². The minimum absolute atomic E-state index is 0.0958. The number of amides is 3. The molecule has 0 aromatic heterocycles. The zero-order chi connectivity index (χ0) is 27.1. The van der Waals surface area contributed by atoms with Gasteiger partial charge in [0.15, 0.2) is 5.78 Å². The van der Waals surface area contributed by atoms with Crippen molar-refractivity contribution in [2.24, 2.45) is 0 Å². The summed E-state index contributed by atoms with van der Waals surface area (Å²) in [4.78, 5) is 52.7. The number of halogens is 4. The van der Waals surface area contributed by atoms with Crippen molar-refractivity contribution in [2.75, 3.05) is 39.3 Å². The molecular weight excluding hydrogens is 488 g/mol. The van der Waals surface area contributed by atoms with Crippen LogP contribution in [-0.2, 0) is 14.3 Å². The van der Waals surface area contributed by atoms with E-state index in [2.05, 4.69) is 11.9 Å². The van der Waals surface area contributed by atoms with Crippen LogP contribution in [0.25, 0.3) is 0 Å². The van der Waals surface area contributed by atoms with Gasteiger partial charge in [-0.25, -0.2) is 9.18 Å². The molecule has 1 aliphatic heterocycles. The first-order valence-corrected chi connectivity index (χ1v) is 11.0. The van der Waals surface area contributed by atoms with E-state index in [4.69, 9.17) is 4.74 Å². The number of nitrogens with zero attached hydrogens (tertiary/aromatic N) is 2. The van der Waals surface area contributed by atoms with Crippen LogP contribution in [0.4, 0.5) is 22.4 Å². The second-order valence-electron chi connectivity index (χ2n) is 8.53. The fourth-order valence-electron chi connectivity index (χ4n) is 3.51. The molecule has 13 heteroatoms. The lowest BCUT2D eigenvalue weighted by molar-refractivity contribution is -0.145. The van der Waals surface area contributed by atoms with Crippen LogP contribution in [0.3, 0.4) is 0 Å². The summed E-state index contributed by atoms with van der Waals surface area (Å²) in [6.07, 6.45) is -4.27. The first-order valence-electron chi connectivity index (χ1n) is 11.0. The third-order valence-corrected chi connectivity index (χ3v) is 5.63. The van der Waals surface area contributed by atoms with E-state index in [0.717, 1.165) is 17.0 Å². The first kappa shape index (κ1) is 28.8. The standard InChI is InChI=1S/C23H28F4N4O5/c1-4-11-36-21(35)31-10-9-30(13-17(31)19(33)29-14-23(25,26)27)22(2,3)20(34)28-12-18(32)15-5-7-16(24)8-6-15/h4-8,17H,1,9-14H2,2-3H3,(H,28,34)(H,29,33)/t17-/m0/s1. The van der Waals surface area contributed by atoms with Gasteiger partial charge in [-0.15, -0.1) is 0 Å². The van der Waals surface area contributed by atoms with Gasteiger partial charge in [0.2, 0.25) is 11.8 Å². The second kappa shape index (κ2) is 12.0. The number of carbonyl (C=O) groups is 4. The number of ketones is 1. The van der Waals surface area contributed by atoms with Gasteiger partial charge in [0.05, 0.1) is 12.1 Å². The fraction of sp³-hybridized carbons (Fsp3) is 0.478. The van der Waals surface area contributed by atoms with Gasteiger partial charge in [0, 0.05) is 25.2 Å². The Hall–Kier alpha value is -3.48. The van der Waals surface area contributed by atoms with Gasteiger partial charge in [-0.05, 0) is 38.1 Å². The first-order chi connectivity index (χ1) is 16.8. The Labute approximate surface area is 205 Å². The number of Topliss-reactive ketones (excluding diaryl/α,β-unsaturated/α-hetero) is 1. The molecule has 0 aliphatic carbocycles. The zero-order valence-electron chi connectivity index (χ0n) is 19.9. The maximum absolute atomic E-state index is 13.1. The molecule has 1 atom stereocenters. The molecule has 2 rings (SSSR count). The summed E-state index contributed by atoms with van der Waals surface area (Å²) < 4.78 is 55.9. The van der Waals surface area contributed by atoms with E-state index in [1.54, 1.807) is 5.32 Å². The van der Waals surface area contributed by atoms with Crippen LogP contribution in [0.1, 0.15) is 24.2 Å². The molecule has 0 unspecified atom stereocenters. The van der Waals surface area contributed by atoms with Gasteiger partial charge in [-0.2, -0.15) is 13.2 Å². The highest BCUT2D eigenvalue weighted by Crippen LogP contribution is 2.22. The lowest BCUT2D eigenvalue weighted by Gasteiger charge is -2.45. The second-order valence-corrected chi connectivity index (χ2v) is 8.53. The van der Waals surface area contributed by atoms with Crippen molar-refractivity contribution < 1.29 is 41.5 Å². The van der Waals surface area contributed by atoms with Crippen molar-refractivity contribution in [3.05, 3.63) is 48.3 Å². The van der Waals surface area contributed by atoms with Crippen LogP contribution in [0.2, 0.25) is 0 Å². The number of nitrogens with one attached hydrogen (secondary N) is 2. The van der Waals surface area contributed by atoms with Crippen molar-refractivity contribution in [1.82, 2.24) is 20.4 Å². The maximum Gasteiger partial charge on any atom is 0.410 e. The molecule has 0 spiro atoms. The number of piperazine rings is 1. The summed E-state index contributed by atoms with van der Waals surface area (Å²) in [5.41, 5.74) is -1.11. The molecule has 1 saturated heterocycles. The normalized spacial score (nSPS) is 16.7. The molecule has 0 bridgehead atoms. The predicted octanol–water partition coefficient (Wildman–Crippen LogP) is 1.89. The van der Waals surface area contributed by atoms with E-state index < -0.39 is 53.8 Å². The Kier molecular flexibility index (Phi) is 9.56. The molecule has 3 amide bonds. The number of ether oxygens (including phenoxy) is 1. The van der Waals surface area contributed by atoms with Crippen LogP contribution in [0.15, 0.2) is 36.9 Å². The Balaban J connectivity index is 2.11. The predicted molar refractivity (Wildman–Crippen MR) is 120 cm³/mol. The summed E-state index contributed by atoms with van der Waals surface area (Å²) in [5, 5.41) is 4.26. The van der Waals surface area contributed by atoms with Gasteiger partial charge < -0.3 is 15.4 Å². The average molecular weight is 516 g/mol. The third kappa shape index (κ3) is 7.77. The van der Waals surface area contributed by atoms with Crippen LogP contribution in [0, 0.1) is 5.82 Å². The summed E-state index contributed by atoms with van der Waals surface area (Å²) in [6, 6.07) is 3.42. The van der Waals surface area contributed by atoms with E-state index in [0.29, 0.717) is 0 Å². The molecule has 0 saturated carbocycles. The van der Waals surface area contributed by atoms with Gasteiger partial charge in [0.1, 0.15) is 25.0 Å². The van der Waals surface area contributed by atoms with E-state index >= 15 is 0 Å². The molecule has 1 aliphatic rings. The molecule has 0 radical (unpaired) electrons. The molecule has 198 valence electrons. The number of hydrogen-bond donors (Lipinski definition) is 2. The summed E-state index contributed by atoms with van der Waals surface area (Å²) >= 11 is 0. The van der Waals surface area contributed by atoms with E-state index in [9.17, 15) is 36.7 Å². The van der Waals surface area contributed by atoms with E-state index in [-0.39, 0.29) is 38.3 Å².